The second kappa shape index (κ2) is 13.9. The second-order valence-corrected chi connectivity index (χ2v) is 13.2. The Morgan fingerprint density at radius 2 is 1.79 bits per heavy atom. The predicted octanol–water partition coefficient (Wildman–Crippen LogP) is 9.45. The largest absolute Gasteiger partial charge is 0.357 e. The number of anilines is 1. The van der Waals surface area contributed by atoms with Crippen LogP contribution in [-0.2, 0) is 9.53 Å². The van der Waals surface area contributed by atoms with E-state index in [1.165, 1.54) is 6.07 Å². The van der Waals surface area contributed by atoms with Gasteiger partial charge in [0, 0.05) is 21.2 Å². The number of hydrogen-bond donors (Lipinski definition) is 0. The van der Waals surface area contributed by atoms with Gasteiger partial charge < -0.3 is 13.9 Å². The average Bonchev–Trinajstić information content (AvgIpc) is 3.80. The molecule has 0 spiro atoms. The molecular weight excluding hydrogens is 590 g/mol. The molecular formula is C34H37Cl2FN2O2S. The monoisotopic (exact) mass is 626 g/mol. The molecule has 1 heterocycles. The third kappa shape index (κ3) is 6.99. The molecule has 1 saturated heterocycles. The molecule has 5 unspecified atom stereocenters. The summed E-state index contributed by atoms with van der Waals surface area (Å²) in [6.45, 7) is 6.52. The first-order valence-electron chi connectivity index (χ1n) is 14.6. The topological polar surface area (TPSA) is 32.8 Å². The van der Waals surface area contributed by atoms with Crippen molar-refractivity contribution in [1.29, 1.82) is 0 Å². The van der Waals surface area contributed by atoms with Gasteiger partial charge in [0.25, 0.3) is 5.91 Å². The molecule has 5 rings (SSSR count). The van der Waals surface area contributed by atoms with Gasteiger partial charge in [-0.05, 0) is 85.7 Å². The molecule has 1 amide bonds. The van der Waals surface area contributed by atoms with E-state index in [1.807, 2.05) is 91.6 Å². The van der Waals surface area contributed by atoms with Crippen LogP contribution in [0.4, 0.5) is 10.1 Å². The third-order valence-electron chi connectivity index (χ3n) is 7.90. The van der Waals surface area contributed by atoms with E-state index in [0.29, 0.717) is 33.9 Å². The lowest BCUT2D eigenvalue weighted by Gasteiger charge is -2.49. The Balaban J connectivity index is 1.62. The summed E-state index contributed by atoms with van der Waals surface area (Å²) in [5, 5.41) is 1.67. The number of amides is 1. The summed E-state index contributed by atoms with van der Waals surface area (Å²) in [5.41, 5.74) is 2.35. The van der Waals surface area contributed by atoms with Gasteiger partial charge in [0.1, 0.15) is 18.0 Å². The molecule has 2 aliphatic rings. The molecule has 0 radical (unpaired) electrons. The number of morpholine rings is 1. The molecule has 0 N–H and O–H groups in total. The molecule has 5 atom stereocenters. The van der Waals surface area contributed by atoms with Gasteiger partial charge in [0.2, 0.25) is 0 Å². The Kier molecular flexibility index (Phi) is 10.2. The van der Waals surface area contributed by atoms with Crippen molar-refractivity contribution in [3.63, 3.8) is 0 Å². The van der Waals surface area contributed by atoms with Crippen LogP contribution in [0.2, 0.25) is 10.0 Å². The number of ether oxygens (including phenoxy) is 1. The van der Waals surface area contributed by atoms with Crippen molar-refractivity contribution in [2.75, 3.05) is 10.8 Å². The standard InChI is InChI=1S/C34H37Cl2FN2O2S/c1-4-9-22(3)32-34(40)39(27(5-2)21-38(42-28-18-19-28)30-13-7-6-12-29(30)37)31(23-14-16-25(35)17-15-23)33(41-32)24-10-8-11-26(36)20-24/h4,6-17,20,22,27-28,31-33H,5,18-19,21H2,1-3H3. The minimum absolute atomic E-state index is 0.0735. The summed E-state index contributed by atoms with van der Waals surface area (Å²) in [6.07, 6.45) is 5.68. The molecule has 3 aromatic rings. The predicted molar refractivity (Wildman–Crippen MR) is 173 cm³/mol. The summed E-state index contributed by atoms with van der Waals surface area (Å²) in [7, 11) is 0. The first-order valence-corrected chi connectivity index (χ1v) is 16.2. The number of rotatable bonds is 11. The van der Waals surface area contributed by atoms with Gasteiger partial charge in [-0.25, -0.2) is 4.39 Å². The molecule has 1 aliphatic carbocycles. The molecule has 0 bridgehead atoms. The third-order valence-corrected chi connectivity index (χ3v) is 9.76. The van der Waals surface area contributed by atoms with E-state index in [1.54, 1.807) is 18.0 Å². The van der Waals surface area contributed by atoms with Gasteiger partial charge in [-0.15, -0.1) is 0 Å². The first kappa shape index (κ1) is 30.9. The summed E-state index contributed by atoms with van der Waals surface area (Å²) in [6, 6.07) is 21.5. The maximum atomic E-state index is 15.1. The van der Waals surface area contributed by atoms with Crippen molar-refractivity contribution in [3.05, 3.63) is 112 Å². The Labute approximate surface area is 263 Å². The molecule has 1 saturated carbocycles. The smallest absolute Gasteiger partial charge is 0.253 e. The summed E-state index contributed by atoms with van der Waals surface area (Å²) >= 11 is 14.5. The molecule has 1 aliphatic heterocycles. The molecule has 8 heteroatoms. The summed E-state index contributed by atoms with van der Waals surface area (Å²) in [5.74, 6) is -0.492. The van der Waals surface area contributed by atoms with E-state index < -0.39 is 18.2 Å². The fraction of sp³-hybridized carbons (Fsp3) is 0.382. The lowest BCUT2D eigenvalue weighted by molar-refractivity contribution is -0.183. The van der Waals surface area contributed by atoms with Crippen molar-refractivity contribution < 1.29 is 13.9 Å². The van der Waals surface area contributed by atoms with Crippen LogP contribution < -0.4 is 4.31 Å². The van der Waals surface area contributed by atoms with Crippen LogP contribution in [0.25, 0.3) is 0 Å². The number of hydrogen-bond acceptors (Lipinski definition) is 4. The maximum absolute atomic E-state index is 15.1. The minimum atomic E-state index is -0.694. The minimum Gasteiger partial charge on any atom is -0.357 e. The number of benzene rings is 3. The Bertz CT molecular complexity index is 1400. The van der Waals surface area contributed by atoms with Crippen LogP contribution in [0.1, 0.15) is 63.3 Å². The van der Waals surface area contributed by atoms with Gasteiger partial charge in [-0.3, -0.25) is 4.79 Å². The van der Waals surface area contributed by atoms with E-state index in [0.717, 1.165) is 24.0 Å². The van der Waals surface area contributed by atoms with Crippen LogP contribution in [-0.4, -0.2) is 34.7 Å². The number of halogens is 3. The van der Waals surface area contributed by atoms with Gasteiger partial charge in [0.05, 0.1) is 24.3 Å². The number of allylic oxidation sites excluding steroid dienone is 1. The summed E-state index contributed by atoms with van der Waals surface area (Å²) in [4.78, 5) is 16.6. The Morgan fingerprint density at radius 3 is 2.43 bits per heavy atom. The second-order valence-electron chi connectivity index (χ2n) is 11.0. The van der Waals surface area contributed by atoms with Gasteiger partial charge >= 0.3 is 0 Å². The number of carbonyl (C=O) groups excluding carboxylic acids is 1. The highest BCUT2D eigenvalue weighted by molar-refractivity contribution is 8.01. The zero-order chi connectivity index (χ0) is 29.8. The Hall–Kier alpha value is -2.51. The fourth-order valence-corrected chi connectivity index (χ4v) is 7.18. The number of para-hydroxylation sites is 1. The van der Waals surface area contributed by atoms with Crippen molar-refractivity contribution >= 4 is 46.7 Å². The van der Waals surface area contributed by atoms with Crippen molar-refractivity contribution in [1.82, 2.24) is 4.90 Å². The van der Waals surface area contributed by atoms with E-state index in [9.17, 15) is 4.79 Å². The average molecular weight is 628 g/mol. The highest BCUT2D eigenvalue weighted by Crippen LogP contribution is 2.46. The van der Waals surface area contributed by atoms with Crippen LogP contribution in [0, 0.1) is 11.7 Å². The highest BCUT2D eigenvalue weighted by atomic mass is 35.5. The molecule has 3 aromatic carbocycles. The van der Waals surface area contributed by atoms with Crippen LogP contribution >= 0.6 is 35.1 Å². The normalized spacial score (nSPS) is 22.4. The van der Waals surface area contributed by atoms with Crippen molar-refractivity contribution in [2.24, 2.45) is 5.92 Å². The summed E-state index contributed by atoms with van der Waals surface area (Å²) < 4.78 is 24.0. The SMILES string of the molecule is CC=CC(C)C1OC(c2cccc(Cl)c2)C(c2ccc(Cl)cc2)N(C(CC)CN(SC2CC2)c2ccccc2F)C1=O. The fourth-order valence-electron chi connectivity index (χ4n) is 5.63. The highest BCUT2D eigenvalue weighted by Gasteiger charge is 2.48. The van der Waals surface area contributed by atoms with Crippen molar-refractivity contribution in [2.45, 2.75) is 69.6 Å². The van der Waals surface area contributed by atoms with Crippen LogP contribution in [0.15, 0.2) is 84.9 Å². The van der Waals surface area contributed by atoms with Crippen molar-refractivity contribution in [3.8, 4) is 0 Å². The molecule has 4 nitrogen and oxygen atoms in total. The van der Waals surface area contributed by atoms with Gasteiger partial charge in [0.15, 0.2) is 0 Å². The molecule has 222 valence electrons. The zero-order valence-corrected chi connectivity index (χ0v) is 26.5. The molecule has 0 aromatic heterocycles. The quantitative estimate of drug-likeness (QED) is 0.157. The lowest BCUT2D eigenvalue weighted by atomic mass is 9.88. The number of nitrogens with zero attached hydrogens (tertiary/aromatic N) is 2. The Morgan fingerprint density at radius 1 is 1.05 bits per heavy atom. The van der Waals surface area contributed by atoms with E-state index in [-0.39, 0.29) is 23.7 Å². The van der Waals surface area contributed by atoms with Gasteiger partial charge in [-0.1, -0.05) is 85.6 Å². The molecule has 42 heavy (non-hydrogen) atoms. The first-order chi connectivity index (χ1) is 20.3. The zero-order valence-electron chi connectivity index (χ0n) is 24.1. The van der Waals surface area contributed by atoms with E-state index in [2.05, 4.69) is 11.2 Å². The molecule has 2 fully saturated rings. The van der Waals surface area contributed by atoms with Crippen LogP contribution in [0.5, 0.6) is 0 Å². The lowest BCUT2D eigenvalue weighted by Crippen LogP contribution is -2.58. The number of carbonyl (C=O) groups is 1. The van der Waals surface area contributed by atoms with E-state index in [4.69, 9.17) is 27.9 Å². The van der Waals surface area contributed by atoms with E-state index >= 15 is 4.39 Å². The van der Waals surface area contributed by atoms with Gasteiger partial charge in [-0.2, -0.15) is 0 Å². The van der Waals surface area contributed by atoms with Crippen LogP contribution in [0.3, 0.4) is 0 Å². The maximum Gasteiger partial charge on any atom is 0.253 e.